The molecule has 2 heterocycles. The molecule has 0 radical (unpaired) electrons. The molecular formula is C12H12BrN3O2. The summed E-state index contributed by atoms with van der Waals surface area (Å²) in [5.41, 5.74) is 8.97. The van der Waals surface area contributed by atoms with Crippen molar-refractivity contribution in [1.82, 2.24) is 9.78 Å². The van der Waals surface area contributed by atoms with Crippen LogP contribution >= 0.6 is 15.9 Å². The fraction of sp³-hybridized carbons (Fsp3) is 0.250. The van der Waals surface area contributed by atoms with Gasteiger partial charge in [0.15, 0.2) is 11.5 Å². The van der Waals surface area contributed by atoms with Crippen LogP contribution in [0.5, 0.6) is 11.5 Å². The minimum atomic E-state index is 0.249. The third-order valence-corrected chi connectivity index (χ3v) is 3.81. The van der Waals surface area contributed by atoms with Crippen LogP contribution in [0.15, 0.2) is 16.7 Å². The van der Waals surface area contributed by atoms with Gasteiger partial charge >= 0.3 is 0 Å². The lowest BCUT2D eigenvalue weighted by atomic mass is 10.0. The molecule has 1 aliphatic heterocycles. The van der Waals surface area contributed by atoms with Crippen molar-refractivity contribution in [2.45, 2.75) is 6.92 Å². The number of nitrogens with two attached hydrogens (primary N) is 1. The molecule has 0 saturated carbocycles. The molecule has 0 saturated heterocycles. The van der Waals surface area contributed by atoms with Gasteiger partial charge in [-0.1, -0.05) is 0 Å². The first-order valence-corrected chi connectivity index (χ1v) is 6.25. The Bertz CT molecular complexity index is 637. The average molecular weight is 310 g/mol. The van der Waals surface area contributed by atoms with Crippen LogP contribution in [0.1, 0.15) is 5.56 Å². The van der Waals surface area contributed by atoms with Crippen LogP contribution < -0.4 is 15.2 Å². The zero-order chi connectivity index (χ0) is 12.9. The van der Waals surface area contributed by atoms with E-state index in [9.17, 15) is 0 Å². The molecule has 3 rings (SSSR count). The first-order chi connectivity index (χ1) is 8.59. The van der Waals surface area contributed by atoms with Crippen molar-refractivity contribution < 1.29 is 9.47 Å². The van der Waals surface area contributed by atoms with Crippen molar-refractivity contribution in [3.05, 3.63) is 22.3 Å². The molecule has 0 fully saturated rings. The van der Waals surface area contributed by atoms with Gasteiger partial charge in [0.25, 0.3) is 0 Å². The van der Waals surface area contributed by atoms with Crippen LogP contribution in [0.25, 0.3) is 11.1 Å². The summed E-state index contributed by atoms with van der Waals surface area (Å²) in [4.78, 5) is 0. The molecule has 1 aliphatic rings. The van der Waals surface area contributed by atoms with E-state index in [0.717, 1.165) is 32.7 Å². The van der Waals surface area contributed by atoms with Crippen molar-refractivity contribution in [2.24, 2.45) is 7.05 Å². The molecule has 5 nitrogen and oxygen atoms in total. The van der Waals surface area contributed by atoms with Crippen LogP contribution in [0.2, 0.25) is 0 Å². The highest BCUT2D eigenvalue weighted by molar-refractivity contribution is 9.10. The number of aromatic nitrogens is 2. The van der Waals surface area contributed by atoms with Gasteiger partial charge in [0.2, 0.25) is 6.79 Å². The van der Waals surface area contributed by atoms with E-state index in [1.54, 1.807) is 10.9 Å². The van der Waals surface area contributed by atoms with E-state index in [-0.39, 0.29) is 6.79 Å². The second kappa shape index (κ2) is 3.91. The number of nitrogens with zero attached hydrogens (tertiary/aromatic N) is 2. The van der Waals surface area contributed by atoms with E-state index in [0.29, 0.717) is 5.82 Å². The Kier molecular flexibility index (Phi) is 2.48. The molecular weight excluding hydrogens is 298 g/mol. The molecule has 1 aromatic heterocycles. The molecule has 6 heteroatoms. The Morgan fingerprint density at radius 1 is 1.44 bits per heavy atom. The van der Waals surface area contributed by atoms with Crippen molar-refractivity contribution >= 4 is 21.7 Å². The topological polar surface area (TPSA) is 62.3 Å². The largest absolute Gasteiger partial charge is 0.454 e. The SMILES string of the molecule is Cc1cc2c(c(Br)c1-c1cnn(C)c1N)OCO2. The van der Waals surface area contributed by atoms with Gasteiger partial charge in [-0.2, -0.15) is 5.10 Å². The number of anilines is 1. The third kappa shape index (κ3) is 1.49. The number of ether oxygens (including phenoxy) is 2. The minimum absolute atomic E-state index is 0.249. The Morgan fingerprint density at radius 2 is 2.22 bits per heavy atom. The number of nitrogen functional groups attached to an aromatic ring is 1. The summed E-state index contributed by atoms with van der Waals surface area (Å²) in [7, 11) is 1.81. The number of rotatable bonds is 1. The van der Waals surface area contributed by atoms with Gasteiger partial charge in [0, 0.05) is 18.2 Å². The fourth-order valence-electron chi connectivity index (χ4n) is 2.09. The third-order valence-electron chi connectivity index (χ3n) is 3.06. The predicted octanol–water partition coefficient (Wildman–Crippen LogP) is 2.47. The quantitative estimate of drug-likeness (QED) is 0.879. The number of fused-ring (bicyclic) bond motifs is 1. The summed E-state index contributed by atoms with van der Waals surface area (Å²) in [6, 6.07) is 1.95. The van der Waals surface area contributed by atoms with E-state index in [4.69, 9.17) is 15.2 Å². The highest BCUT2D eigenvalue weighted by Gasteiger charge is 2.24. The molecule has 2 aromatic rings. The summed E-state index contributed by atoms with van der Waals surface area (Å²) in [5.74, 6) is 2.10. The van der Waals surface area contributed by atoms with Crippen LogP contribution in [-0.4, -0.2) is 16.6 Å². The highest BCUT2D eigenvalue weighted by atomic mass is 79.9. The van der Waals surface area contributed by atoms with Gasteiger partial charge in [-0.25, -0.2) is 0 Å². The molecule has 94 valence electrons. The molecule has 0 bridgehead atoms. The summed E-state index contributed by atoms with van der Waals surface area (Å²) in [5, 5.41) is 4.17. The molecule has 18 heavy (non-hydrogen) atoms. The lowest BCUT2D eigenvalue weighted by Crippen LogP contribution is -1.99. The zero-order valence-corrected chi connectivity index (χ0v) is 11.6. The van der Waals surface area contributed by atoms with Gasteiger partial charge < -0.3 is 15.2 Å². The Morgan fingerprint density at radius 3 is 2.89 bits per heavy atom. The highest BCUT2D eigenvalue weighted by Crippen LogP contribution is 2.47. The number of hydrogen-bond donors (Lipinski definition) is 1. The fourth-order valence-corrected chi connectivity index (χ4v) is 2.93. The minimum Gasteiger partial charge on any atom is -0.454 e. The second-order valence-electron chi connectivity index (χ2n) is 4.18. The molecule has 0 amide bonds. The number of hydrogen-bond acceptors (Lipinski definition) is 4. The van der Waals surface area contributed by atoms with Crippen molar-refractivity contribution in [1.29, 1.82) is 0 Å². The molecule has 0 aliphatic carbocycles. The monoisotopic (exact) mass is 309 g/mol. The molecule has 0 atom stereocenters. The van der Waals surface area contributed by atoms with Crippen molar-refractivity contribution in [2.75, 3.05) is 12.5 Å². The van der Waals surface area contributed by atoms with Gasteiger partial charge in [0.1, 0.15) is 5.82 Å². The Hall–Kier alpha value is -1.69. The normalized spacial score (nSPS) is 13.1. The zero-order valence-electron chi connectivity index (χ0n) is 10.0. The molecule has 0 spiro atoms. The van der Waals surface area contributed by atoms with Gasteiger partial charge in [0.05, 0.1) is 10.7 Å². The van der Waals surface area contributed by atoms with Crippen LogP contribution in [0.3, 0.4) is 0 Å². The lowest BCUT2D eigenvalue weighted by Gasteiger charge is -2.10. The molecule has 1 aromatic carbocycles. The summed E-state index contributed by atoms with van der Waals surface area (Å²) < 4.78 is 13.3. The predicted molar refractivity (Wildman–Crippen MR) is 71.6 cm³/mol. The second-order valence-corrected chi connectivity index (χ2v) is 4.98. The van der Waals surface area contributed by atoms with Crippen molar-refractivity contribution in [3.63, 3.8) is 0 Å². The maximum atomic E-state index is 6.03. The Labute approximate surface area is 113 Å². The summed E-state index contributed by atoms with van der Waals surface area (Å²) in [6.07, 6.45) is 1.75. The van der Waals surface area contributed by atoms with E-state index in [1.165, 1.54) is 0 Å². The molecule has 0 unspecified atom stereocenters. The van der Waals surface area contributed by atoms with Gasteiger partial charge in [-0.05, 0) is 34.5 Å². The Balaban J connectivity index is 2.27. The first-order valence-electron chi connectivity index (χ1n) is 5.46. The van der Waals surface area contributed by atoms with Crippen molar-refractivity contribution in [3.8, 4) is 22.6 Å². The van der Waals surface area contributed by atoms with Crippen LogP contribution in [-0.2, 0) is 7.05 Å². The number of halogens is 1. The maximum Gasteiger partial charge on any atom is 0.231 e. The molecule has 2 N–H and O–H groups in total. The maximum absolute atomic E-state index is 6.03. The lowest BCUT2D eigenvalue weighted by molar-refractivity contribution is 0.173. The summed E-state index contributed by atoms with van der Waals surface area (Å²) >= 11 is 3.57. The van der Waals surface area contributed by atoms with E-state index >= 15 is 0 Å². The van der Waals surface area contributed by atoms with Gasteiger partial charge in [-0.15, -0.1) is 0 Å². The number of aryl methyl sites for hydroxylation is 2. The average Bonchev–Trinajstić information content (AvgIpc) is 2.90. The first kappa shape index (κ1) is 11.4. The number of benzene rings is 1. The van der Waals surface area contributed by atoms with E-state index in [2.05, 4.69) is 21.0 Å². The smallest absolute Gasteiger partial charge is 0.231 e. The van der Waals surface area contributed by atoms with Crippen LogP contribution in [0.4, 0.5) is 5.82 Å². The van der Waals surface area contributed by atoms with E-state index < -0.39 is 0 Å². The standard InChI is InChI=1S/C12H12BrN3O2/c1-6-3-8-11(18-5-17-8)10(13)9(6)7-4-15-16(2)12(7)14/h3-4H,5,14H2,1-2H3. The van der Waals surface area contributed by atoms with Crippen LogP contribution in [0, 0.1) is 6.92 Å². The summed E-state index contributed by atoms with van der Waals surface area (Å²) in [6.45, 7) is 2.26. The van der Waals surface area contributed by atoms with Gasteiger partial charge in [-0.3, -0.25) is 4.68 Å². The van der Waals surface area contributed by atoms with E-state index in [1.807, 2.05) is 20.0 Å².